The summed E-state index contributed by atoms with van der Waals surface area (Å²) in [6, 6.07) is -0.554. The Hall–Kier alpha value is -6.81. The highest BCUT2D eigenvalue weighted by molar-refractivity contribution is 5.97. The van der Waals surface area contributed by atoms with Gasteiger partial charge in [-0.3, -0.25) is 52.9 Å². The highest BCUT2D eigenvalue weighted by Crippen LogP contribution is 2.13. The van der Waals surface area contributed by atoms with Crippen LogP contribution in [0.5, 0.6) is 0 Å². The zero-order valence-electron chi connectivity index (χ0n) is 40.4. The van der Waals surface area contributed by atoms with Gasteiger partial charge in [0.05, 0.1) is 0 Å². The number of nitrogens with two attached hydrogens (primary N) is 2. The van der Waals surface area contributed by atoms with Gasteiger partial charge in [0.1, 0.15) is 36.3 Å². The quantitative estimate of drug-likeness (QED) is 0.0253. The lowest BCUT2D eigenvalue weighted by Gasteiger charge is -2.27. The predicted molar refractivity (Wildman–Crippen MR) is 257 cm³/mol. The third kappa shape index (κ3) is 28.5. The number of unbranched alkanes of at least 4 members (excludes halogenated alkanes) is 10. The number of carboxylic acid groups (broad SMARTS) is 4. The van der Waals surface area contributed by atoms with E-state index in [1.807, 2.05) is 0 Å². The second kappa shape index (κ2) is 35.3. The van der Waals surface area contributed by atoms with E-state index in [1.165, 1.54) is 45.4 Å². The molecule has 0 aliphatic heterocycles. The zero-order chi connectivity index (χ0) is 52.4. The lowest BCUT2D eigenvalue weighted by molar-refractivity contribution is -0.142. The summed E-state index contributed by atoms with van der Waals surface area (Å²) >= 11 is 0. The van der Waals surface area contributed by atoms with E-state index in [9.17, 15) is 68.4 Å². The second-order valence-corrected chi connectivity index (χ2v) is 17.2. The van der Waals surface area contributed by atoms with Gasteiger partial charge in [-0.05, 0) is 51.0 Å². The first-order chi connectivity index (χ1) is 33.2. The largest absolute Gasteiger partial charge is 0.481 e. The van der Waals surface area contributed by atoms with Gasteiger partial charge in [-0.2, -0.15) is 0 Å². The normalized spacial score (nSPS) is 13.4. The molecule has 0 aromatic heterocycles. The molecule has 0 fully saturated rings. The number of hydrogen-bond donors (Lipinski definition) is 12. The summed E-state index contributed by atoms with van der Waals surface area (Å²) in [4.78, 5) is 132. The number of nitrogens with one attached hydrogen (secondary N) is 6. The van der Waals surface area contributed by atoms with E-state index < -0.39 is 134 Å². The van der Waals surface area contributed by atoms with Crippen molar-refractivity contribution in [1.82, 2.24) is 31.9 Å². The van der Waals surface area contributed by atoms with Crippen molar-refractivity contribution in [3.63, 3.8) is 0 Å². The molecule has 14 N–H and O–H groups in total. The maximum Gasteiger partial charge on any atom is 0.325 e. The summed E-state index contributed by atoms with van der Waals surface area (Å²) in [6.07, 6.45) is 8.10. The van der Waals surface area contributed by atoms with Crippen molar-refractivity contribution in [1.29, 1.82) is 0 Å². The van der Waals surface area contributed by atoms with Gasteiger partial charge in [-0.25, -0.2) is 0 Å². The minimum atomic E-state index is -1.77. The molecule has 70 heavy (non-hydrogen) atoms. The molecule has 0 aliphatic rings. The fourth-order valence-corrected chi connectivity index (χ4v) is 7.12. The highest BCUT2D eigenvalue weighted by Gasteiger charge is 2.34. The van der Waals surface area contributed by atoms with Gasteiger partial charge in [0.2, 0.25) is 35.4 Å². The Morgan fingerprint density at radius 2 is 0.871 bits per heavy atom. The van der Waals surface area contributed by atoms with Crippen LogP contribution >= 0.6 is 0 Å². The van der Waals surface area contributed by atoms with E-state index in [-0.39, 0.29) is 38.2 Å². The Balaban J connectivity index is 3.32. The molecule has 0 spiro atoms. The number of carboxylic acids is 4. The van der Waals surface area contributed by atoms with Crippen LogP contribution in [0.4, 0.5) is 0 Å². The second-order valence-electron chi connectivity index (χ2n) is 17.2. The predicted octanol–water partition coefficient (Wildman–Crippen LogP) is 1.59. The number of hydrogen-bond acceptors (Lipinski definition) is 11. The van der Waals surface area contributed by atoms with Crippen LogP contribution < -0.4 is 43.4 Å². The number of benzene rings is 1. The first-order valence-electron chi connectivity index (χ1n) is 24.0. The van der Waals surface area contributed by atoms with E-state index in [2.05, 4.69) is 43.8 Å². The number of carbonyl (C=O) groups excluding carboxylic acids is 6. The van der Waals surface area contributed by atoms with Crippen LogP contribution in [-0.4, -0.2) is 129 Å². The number of carbonyl (C=O) groups is 10. The monoisotopic (exact) mass is 990 g/mol. The highest BCUT2D eigenvalue weighted by atomic mass is 16.4. The first kappa shape index (κ1) is 61.2. The molecule has 392 valence electrons. The van der Waals surface area contributed by atoms with Crippen molar-refractivity contribution in [3.8, 4) is 0 Å². The van der Waals surface area contributed by atoms with Crippen LogP contribution in [0, 0.1) is 0 Å². The number of aliphatic carboxylic acids is 4. The minimum Gasteiger partial charge on any atom is -0.481 e. The number of nitrogens with zero attached hydrogens (tertiary/aromatic N) is 1. The van der Waals surface area contributed by atoms with E-state index in [0.717, 1.165) is 25.7 Å². The van der Waals surface area contributed by atoms with E-state index in [0.29, 0.717) is 12.0 Å². The van der Waals surface area contributed by atoms with Crippen LogP contribution in [0.15, 0.2) is 35.3 Å². The number of rotatable bonds is 39. The fraction of sp³-hybridized carbons (Fsp3) is 0.638. The Kier molecular flexibility index (Phi) is 30.9. The number of amides is 6. The van der Waals surface area contributed by atoms with Crippen LogP contribution in [0.2, 0.25) is 0 Å². The van der Waals surface area contributed by atoms with Crippen LogP contribution in [-0.2, 0) is 54.4 Å². The van der Waals surface area contributed by atoms with Crippen LogP contribution in [0.25, 0.3) is 0 Å². The lowest BCUT2D eigenvalue weighted by Crippen LogP contribution is -2.59. The first-order valence-corrected chi connectivity index (χ1v) is 24.0. The summed E-state index contributed by atoms with van der Waals surface area (Å²) in [5.41, 5.74) is 11.4. The third-order valence-corrected chi connectivity index (χ3v) is 11.1. The summed E-state index contributed by atoms with van der Waals surface area (Å²) in [5.74, 6) is -11.4. The van der Waals surface area contributed by atoms with Crippen molar-refractivity contribution in [2.24, 2.45) is 16.5 Å². The van der Waals surface area contributed by atoms with Crippen molar-refractivity contribution >= 4 is 65.3 Å². The molecule has 6 amide bonds. The lowest BCUT2D eigenvalue weighted by atomic mass is 10.0. The van der Waals surface area contributed by atoms with E-state index >= 15 is 0 Å². The SMILES string of the molecule is CCCCCCCCCCCCCC(=O)N[C@@H](Cc1ccccc1)C(=O)N[C@@H](CCC(=O)O)C(=O)N[C@@H](CCC(=O)O)C(=O)N[C@@H](CCC(=O)O)C(=O)N[C@@H](CCCN=C(N)N)C(=O)N[C@@H](C)C(=O)O. The third-order valence-electron chi connectivity index (χ3n) is 11.1. The maximum absolute atomic E-state index is 13.9. The van der Waals surface area contributed by atoms with Gasteiger partial charge in [-0.1, -0.05) is 101 Å². The smallest absolute Gasteiger partial charge is 0.325 e. The molecule has 0 radical (unpaired) electrons. The zero-order valence-corrected chi connectivity index (χ0v) is 40.4. The van der Waals surface area contributed by atoms with E-state index in [1.54, 1.807) is 30.3 Å². The number of guanidine groups is 1. The Labute approximate surface area is 408 Å². The molecular weight excluding hydrogens is 915 g/mol. The molecule has 0 unspecified atom stereocenters. The molecule has 0 saturated heterocycles. The Morgan fingerprint density at radius 1 is 0.486 bits per heavy atom. The summed E-state index contributed by atoms with van der Waals surface area (Å²) in [5, 5.41) is 52.2. The van der Waals surface area contributed by atoms with Crippen LogP contribution in [0.1, 0.15) is 148 Å². The van der Waals surface area contributed by atoms with E-state index in [4.69, 9.17) is 11.5 Å². The van der Waals surface area contributed by atoms with Gasteiger partial charge in [-0.15, -0.1) is 0 Å². The molecule has 0 aliphatic carbocycles. The molecule has 0 bridgehead atoms. The van der Waals surface area contributed by atoms with Gasteiger partial charge in [0.25, 0.3) is 0 Å². The topological polar surface area (TPSA) is 388 Å². The number of aliphatic imine (C=N–C) groups is 1. The average Bonchev–Trinajstić information content (AvgIpc) is 3.29. The Morgan fingerprint density at radius 3 is 1.27 bits per heavy atom. The fourth-order valence-electron chi connectivity index (χ4n) is 7.12. The van der Waals surface area contributed by atoms with Crippen molar-refractivity contribution in [2.75, 3.05) is 6.54 Å². The molecule has 23 heteroatoms. The molecule has 23 nitrogen and oxygen atoms in total. The molecule has 0 heterocycles. The van der Waals surface area contributed by atoms with Crippen molar-refractivity contribution in [2.45, 2.75) is 185 Å². The van der Waals surface area contributed by atoms with Crippen molar-refractivity contribution < 1.29 is 68.4 Å². The molecule has 0 saturated carbocycles. The molecule has 1 rings (SSSR count). The molecule has 6 atom stereocenters. The maximum atomic E-state index is 13.9. The molecule has 1 aromatic rings. The average molecular weight is 990 g/mol. The molecule has 1 aromatic carbocycles. The Bertz CT molecular complexity index is 1880. The summed E-state index contributed by atoms with van der Waals surface area (Å²) in [6.45, 7) is 3.34. The minimum absolute atomic E-state index is 0.00366. The van der Waals surface area contributed by atoms with Gasteiger partial charge >= 0.3 is 23.9 Å². The summed E-state index contributed by atoms with van der Waals surface area (Å²) in [7, 11) is 0. The molecular formula is C47H75N9O14. The van der Waals surface area contributed by atoms with Crippen LogP contribution in [0.3, 0.4) is 0 Å². The van der Waals surface area contributed by atoms with Gasteiger partial charge in [0, 0.05) is 38.6 Å². The van der Waals surface area contributed by atoms with Crippen molar-refractivity contribution in [3.05, 3.63) is 35.9 Å². The summed E-state index contributed by atoms with van der Waals surface area (Å²) < 4.78 is 0. The van der Waals surface area contributed by atoms with Gasteiger partial charge in [0.15, 0.2) is 5.96 Å². The standard InChI is InChI=1S/C47H75N9O14/c1-3-4-5-6-7-8-9-10-11-12-16-21-37(57)52-36(29-31-18-14-13-15-19-31)45(68)56-35(24-27-40(62)63)44(67)55-34(23-26-39(60)61)43(66)54-33(22-25-38(58)59)42(65)53-32(20-17-28-50-47(48)49)41(64)51-30(2)46(69)70/h13-15,18-19,30,32-36H,3-12,16-17,20-29H2,1-2H3,(H,51,64)(H,52,57)(H,53,65)(H,54,66)(H,55,67)(H,56,68)(H,58,59)(H,60,61)(H,62,63)(H,69,70)(H4,48,49,50)/t30-,32-,33-,34-,35-,36-/m0/s1. The van der Waals surface area contributed by atoms with Gasteiger partial charge < -0.3 is 63.8 Å².